The van der Waals surface area contributed by atoms with Gasteiger partial charge in [0.15, 0.2) is 0 Å². The van der Waals surface area contributed by atoms with Crippen molar-refractivity contribution in [2.45, 2.75) is 46.3 Å². The van der Waals surface area contributed by atoms with E-state index in [1.807, 2.05) is 6.07 Å². The van der Waals surface area contributed by atoms with Crippen LogP contribution in [0.3, 0.4) is 0 Å². The number of rotatable bonds is 7. The Morgan fingerprint density at radius 2 is 1.68 bits per heavy atom. The number of hydrogen-bond donors (Lipinski definition) is 3. The van der Waals surface area contributed by atoms with Crippen molar-refractivity contribution in [3.8, 4) is 0 Å². The topological polar surface area (TPSA) is 134 Å². The number of anilines is 2. The van der Waals surface area contributed by atoms with Crippen molar-refractivity contribution < 1.29 is 33.8 Å². The van der Waals surface area contributed by atoms with Crippen LogP contribution in [-0.4, -0.2) is 52.8 Å². The molecule has 0 aromatic heterocycles. The number of benzene rings is 2. The largest absolute Gasteiger partial charge is 0.427 e. The molecule has 0 unspecified atom stereocenters. The number of para-hydroxylation sites is 1. The average molecular weight is 522 g/mol. The molecule has 3 atom stereocenters. The minimum Gasteiger partial charge on any atom is -0.427 e. The minimum absolute atomic E-state index is 0.0367. The molecule has 10 nitrogen and oxygen atoms in total. The minimum atomic E-state index is -0.886. The maximum Gasteiger partial charge on any atom is 0.358 e. The maximum absolute atomic E-state index is 13.1. The van der Waals surface area contributed by atoms with E-state index < -0.39 is 48.2 Å². The number of hydrogen-bond acceptors (Lipinski definition) is 7. The summed E-state index contributed by atoms with van der Waals surface area (Å²) in [6.07, 6.45) is -0.574. The molecule has 0 aliphatic carbocycles. The van der Waals surface area contributed by atoms with Crippen LogP contribution in [0.1, 0.15) is 39.7 Å². The second-order valence-electron chi connectivity index (χ2n) is 10.3. The first kappa shape index (κ1) is 26.9. The number of amides is 3. The number of fused-ring (bicyclic) bond motifs is 1. The maximum atomic E-state index is 13.1. The molecule has 4 rings (SSSR count). The number of esters is 2. The first-order chi connectivity index (χ1) is 18.0. The SMILES string of the molecule is C[C@@H](O)[C@H]1C(=O)N2C(C(=O)OCOC(=O)C(C)(C)C)=C(c3cccc(NC(=O)Nc4ccccc4)c3)C[C@H]12. The summed E-state index contributed by atoms with van der Waals surface area (Å²) in [7, 11) is 0. The number of carbonyl (C=O) groups excluding carboxylic acids is 4. The molecular formula is C28H31N3O7. The fourth-order valence-corrected chi connectivity index (χ4v) is 4.54. The van der Waals surface area contributed by atoms with E-state index in [-0.39, 0.29) is 11.6 Å². The molecule has 0 bridgehead atoms. The van der Waals surface area contributed by atoms with Crippen LogP contribution in [0.2, 0.25) is 0 Å². The lowest BCUT2D eigenvalue weighted by Gasteiger charge is -2.44. The number of carbonyl (C=O) groups is 4. The van der Waals surface area contributed by atoms with Gasteiger partial charge in [0.1, 0.15) is 5.70 Å². The van der Waals surface area contributed by atoms with Crippen LogP contribution in [0, 0.1) is 11.3 Å². The molecule has 1 saturated heterocycles. The van der Waals surface area contributed by atoms with E-state index in [0.717, 1.165) is 0 Å². The van der Waals surface area contributed by atoms with Gasteiger partial charge in [-0.2, -0.15) is 0 Å². The highest BCUT2D eigenvalue weighted by atomic mass is 16.7. The van der Waals surface area contributed by atoms with Gasteiger partial charge in [-0.3, -0.25) is 9.59 Å². The lowest BCUT2D eigenvalue weighted by molar-refractivity contribution is -0.175. The Hall–Kier alpha value is -4.18. The van der Waals surface area contributed by atoms with E-state index in [2.05, 4.69) is 10.6 Å². The summed E-state index contributed by atoms with van der Waals surface area (Å²) in [6, 6.07) is 15.0. The molecule has 38 heavy (non-hydrogen) atoms. The van der Waals surface area contributed by atoms with Crippen molar-refractivity contribution in [2.75, 3.05) is 17.4 Å². The molecule has 3 N–H and O–H groups in total. The normalized spacial score (nSPS) is 19.3. The number of nitrogens with one attached hydrogen (secondary N) is 2. The summed E-state index contributed by atoms with van der Waals surface area (Å²) >= 11 is 0. The Morgan fingerprint density at radius 3 is 2.34 bits per heavy atom. The van der Waals surface area contributed by atoms with Gasteiger partial charge >= 0.3 is 18.0 Å². The van der Waals surface area contributed by atoms with Gasteiger partial charge in [0.05, 0.1) is 23.5 Å². The molecule has 0 saturated carbocycles. The van der Waals surface area contributed by atoms with Gasteiger partial charge in [-0.05, 0) is 69.5 Å². The van der Waals surface area contributed by atoms with E-state index in [1.165, 1.54) is 11.8 Å². The van der Waals surface area contributed by atoms with Crippen molar-refractivity contribution in [2.24, 2.45) is 11.3 Å². The number of nitrogens with zero attached hydrogens (tertiary/aromatic N) is 1. The summed E-state index contributed by atoms with van der Waals surface area (Å²) in [4.78, 5) is 51.8. The Bertz CT molecular complexity index is 1280. The molecule has 0 radical (unpaired) electrons. The predicted molar refractivity (Wildman–Crippen MR) is 139 cm³/mol. The van der Waals surface area contributed by atoms with Crippen molar-refractivity contribution in [1.29, 1.82) is 0 Å². The van der Waals surface area contributed by atoms with Crippen LogP contribution >= 0.6 is 0 Å². The average Bonchev–Trinajstić information content (AvgIpc) is 3.19. The summed E-state index contributed by atoms with van der Waals surface area (Å²) in [5, 5.41) is 15.6. The van der Waals surface area contributed by atoms with Crippen LogP contribution in [0.15, 0.2) is 60.3 Å². The number of β-lactam (4-membered cyclic amide) rings is 1. The van der Waals surface area contributed by atoms with Crippen molar-refractivity contribution >= 4 is 40.8 Å². The number of aliphatic hydroxyl groups excluding tert-OH is 1. The van der Waals surface area contributed by atoms with Crippen LogP contribution in [-0.2, 0) is 23.9 Å². The molecule has 2 aliphatic rings. The van der Waals surface area contributed by atoms with Gasteiger partial charge in [-0.1, -0.05) is 30.3 Å². The highest BCUT2D eigenvalue weighted by molar-refractivity contribution is 6.07. The molecule has 0 spiro atoms. The van der Waals surface area contributed by atoms with Crippen LogP contribution in [0.5, 0.6) is 0 Å². The van der Waals surface area contributed by atoms with E-state index in [9.17, 15) is 24.3 Å². The first-order valence-electron chi connectivity index (χ1n) is 12.3. The molecule has 2 aromatic rings. The Kier molecular flexibility index (Phi) is 7.54. The Labute approximate surface area is 220 Å². The molecule has 2 aromatic carbocycles. The van der Waals surface area contributed by atoms with Crippen molar-refractivity contribution in [1.82, 2.24) is 4.90 Å². The van der Waals surface area contributed by atoms with Gasteiger partial charge in [0.2, 0.25) is 12.7 Å². The predicted octanol–water partition coefficient (Wildman–Crippen LogP) is 3.74. The Balaban J connectivity index is 1.56. The van der Waals surface area contributed by atoms with Crippen molar-refractivity contribution in [3.63, 3.8) is 0 Å². The molecule has 3 amide bonds. The molecule has 10 heteroatoms. The zero-order chi connectivity index (χ0) is 27.6. The number of ether oxygens (including phenoxy) is 2. The van der Waals surface area contributed by atoms with E-state index in [4.69, 9.17) is 9.47 Å². The lowest BCUT2D eigenvalue weighted by Crippen LogP contribution is -2.61. The van der Waals surface area contributed by atoms with Gasteiger partial charge in [-0.25, -0.2) is 9.59 Å². The lowest BCUT2D eigenvalue weighted by atomic mass is 9.82. The zero-order valence-electron chi connectivity index (χ0n) is 21.7. The van der Waals surface area contributed by atoms with Gasteiger partial charge in [0, 0.05) is 11.4 Å². The molecule has 2 aliphatic heterocycles. The quantitative estimate of drug-likeness (QED) is 0.287. The summed E-state index contributed by atoms with van der Waals surface area (Å²) < 4.78 is 10.3. The standard InChI is InChI=1S/C28H31N3O7/c1-16(32)22-21-14-20(23(31(21)24(22)33)25(34)37-15-38-26(35)28(2,3)4)17-9-8-12-19(13-17)30-27(36)29-18-10-6-5-7-11-18/h5-13,16,21-22,32H,14-15H2,1-4H3,(H2,29,30,36)/t16-,21-,22-/m1/s1. The van der Waals surface area contributed by atoms with Crippen LogP contribution < -0.4 is 10.6 Å². The third-order valence-electron chi connectivity index (χ3n) is 6.41. The summed E-state index contributed by atoms with van der Waals surface area (Å²) in [5.41, 5.74) is 1.51. The van der Waals surface area contributed by atoms with Crippen molar-refractivity contribution in [3.05, 3.63) is 65.9 Å². The molecule has 1 fully saturated rings. The van der Waals surface area contributed by atoms with E-state index in [0.29, 0.717) is 28.9 Å². The highest BCUT2D eigenvalue weighted by Crippen LogP contribution is 2.47. The van der Waals surface area contributed by atoms with Crippen LogP contribution in [0.25, 0.3) is 5.57 Å². The fourth-order valence-electron chi connectivity index (χ4n) is 4.54. The molecule has 2 heterocycles. The van der Waals surface area contributed by atoms with E-state index in [1.54, 1.807) is 69.3 Å². The second kappa shape index (κ2) is 10.7. The smallest absolute Gasteiger partial charge is 0.358 e. The number of urea groups is 1. The summed E-state index contributed by atoms with van der Waals surface area (Å²) in [6.45, 7) is 5.97. The van der Waals surface area contributed by atoms with Gasteiger partial charge in [0.25, 0.3) is 0 Å². The van der Waals surface area contributed by atoms with Crippen LogP contribution in [0.4, 0.5) is 16.2 Å². The summed E-state index contributed by atoms with van der Waals surface area (Å²) in [5.74, 6) is -2.38. The van der Waals surface area contributed by atoms with Gasteiger partial charge < -0.3 is 30.1 Å². The Morgan fingerprint density at radius 1 is 1.03 bits per heavy atom. The third kappa shape index (κ3) is 5.55. The fraction of sp³-hybridized carbons (Fsp3) is 0.357. The third-order valence-corrected chi connectivity index (χ3v) is 6.41. The monoisotopic (exact) mass is 521 g/mol. The number of aliphatic hydroxyl groups is 1. The molecule has 200 valence electrons. The molecular weight excluding hydrogens is 490 g/mol. The zero-order valence-corrected chi connectivity index (χ0v) is 21.7. The first-order valence-corrected chi connectivity index (χ1v) is 12.3. The van der Waals surface area contributed by atoms with E-state index >= 15 is 0 Å². The highest BCUT2D eigenvalue weighted by Gasteiger charge is 2.57. The van der Waals surface area contributed by atoms with Gasteiger partial charge in [-0.15, -0.1) is 0 Å². The second-order valence-corrected chi connectivity index (χ2v) is 10.3.